The van der Waals surface area contributed by atoms with Gasteiger partial charge in [-0.15, -0.1) is 0 Å². The minimum absolute atomic E-state index is 0.124. The van der Waals surface area contributed by atoms with E-state index in [1.165, 1.54) is 12.0 Å². The van der Waals surface area contributed by atoms with Gasteiger partial charge in [0.25, 0.3) is 0 Å². The fourth-order valence-corrected chi connectivity index (χ4v) is 3.29. The second-order valence-electron chi connectivity index (χ2n) is 5.12. The van der Waals surface area contributed by atoms with E-state index in [0.29, 0.717) is 11.8 Å². The minimum atomic E-state index is -0.124. The molecule has 3 rings (SSSR count). The lowest BCUT2D eigenvalue weighted by atomic mass is 9.73. The highest BCUT2D eigenvalue weighted by molar-refractivity contribution is 5.27. The van der Waals surface area contributed by atoms with E-state index < -0.39 is 0 Å². The Labute approximate surface area is 96.4 Å². The van der Waals surface area contributed by atoms with Gasteiger partial charge < -0.3 is 0 Å². The molecule has 0 amide bonds. The van der Waals surface area contributed by atoms with Crippen molar-refractivity contribution in [1.29, 1.82) is 5.26 Å². The van der Waals surface area contributed by atoms with Crippen molar-refractivity contribution in [2.45, 2.75) is 19.3 Å². The lowest BCUT2D eigenvalue weighted by molar-refractivity contribution is 0.324. The zero-order valence-electron chi connectivity index (χ0n) is 9.26. The zero-order chi connectivity index (χ0) is 11.0. The van der Waals surface area contributed by atoms with Crippen molar-refractivity contribution in [1.82, 2.24) is 0 Å². The van der Waals surface area contributed by atoms with Crippen LogP contribution in [-0.4, -0.2) is 0 Å². The summed E-state index contributed by atoms with van der Waals surface area (Å²) < 4.78 is 0. The van der Waals surface area contributed by atoms with Gasteiger partial charge in [-0.3, -0.25) is 0 Å². The summed E-state index contributed by atoms with van der Waals surface area (Å²) in [5, 5.41) is 9.52. The van der Waals surface area contributed by atoms with Gasteiger partial charge >= 0.3 is 0 Å². The number of rotatable bonds is 2. The highest BCUT2D eigenvalue weighted by atomic mass is 14.5. The van der Waals surface area contributed by atoms with Crippen LogP contribution >= 0.6 is 0 Å². The molecule has 1 heteroatoms. The average Bonchev–Trinajstić information content (AvgIpc) is 2.91. The van der Waals surface area contributed by atoms with Gasteiger partial charge in [0.2, 0.25) is 0 Å². The van der Waals surface area contributed by atoms with Gasteiger partial charge in [0, 0.05) is 0 Å². The van der Waals surface area contributed by atoms with Crippen LogP contribution in [0.3, 0.4) is 0 Å². The molecule has 0 N–H and O–H groups in total. The van der Waals surface area contributed by atoms with Crippen molar-refractivity contribution < 1.29 is 0 Å². The molecule has 80 valence electrons. The van der Waals surface area contributed by atoms with E-state index in [4.69, 9.17) is 0 Å². The zero-order valence-corrected chi connectivity index (χ0v) is 9.26. The molecule has 16 heavy (non-hydrogen) atoms. The molecule has 0 radical (unpaired) electrons. The Morgan fingerprint density at radius 3 is 2.62 bits per heavy atom. The maximum Gasteiger partial charge on any atom is 0.0699 e. The summed E-state index contributed by atoms with van der Waals surface area (Å²) >= 11 is 0. The Bertz CT molecular complexity index is 454. The molecule has 1 aromatic rings. The third-order valence-corrected chi connectivity index (χ3v) is 4.09. The first-order chi connectivity index (χ1) is 7.82. The Morgan fingerprint density at radius 2 is 2.06 bits per heavy atom. The third-order valence-electron chi connectivity index (χ3n) is 4.09. The van der Waals surface area contributed by atoms with Crippen LogP contribution in [0.5, 0.6) is 0 Å². The number of nitrogens with zero attached hydrogens (tertiary/aromatic N) is 1. The molecular weight excluding hydrogens is 194 g/mol. The molecule has 2 aliphatic carbocycles. The first kappa shape index (κ1) is 9.66. The van der Waals surface area contributed by atoms with Crippen molar-refractivity contribution in [3.63, 3.8) is 0 Å². The number of fused-ring (bicyclic) bond motifs is 2. The van der Waals surface area contributed by atoms with Crippen LogP contribution in [0.25, 0.3) is 0 Å². The van der Waals surface area contributed by atoms with Crippen LogP contribution in [0, 0.1) is 28.6 Å². The van der Waals surface area contributed by atoms with E-state index >= 15 is 0 Å². The number of allylic oxidation sites excluding steroid dienone is 2. The summed E-state index contributed by atoms with van der Waals surface area (Å²) in [6.07, 6.45) is 7.72. The van der Waals surface area contributed by atoms with E-state index in [9.17, 15) is 5.26 Å². The fraction of sp³-hybridized carbons (Fsp3) is 0.400. The highest BCUT2D eigenvalue weighted by Crippen LogP contribution is 2.53. The molecule has 3 atom stereocenters. The first-order valence-electron chi connectivity index (χ1n) is 5.96. The normalized spacial score (nSPS) is 35.2. The summed E-state index contributed by atoms with van der Waals surface area (Å²) in [5.41, 5.74) is 1.17. The first-order valence-corrected chi connectivity index (χ1v) is 5.96. The SMILES string of the molecule is N#C[C@]1(Cc2ccccc2)C[C@H]2C=C[C@H]1C2. The lowest BCUT2D eigenvalue weighted by Crippen LogP contribution is -2.26. The molecule has 0 unspecified atom stereocenters. The van der Waals surface area contributed by atoms with Gasteiger partial charge in [-0.1, -0.05) is 42.5 Å². The smallest absolute Gasteiger partial charge is 0.0699 e. The largest absolute Gasteiger partial charge is 0.198 e. The monoisotopic (exact) mass is 209 g/mol. The molecule has 0 spiro atoms. The van der Waals surface area contributed by atoms with E-state index in [2.05, 4.69) is 42.5 Å². The maximum atomic E-state index is 9.52. The second kappa shape index (κ2) is 3.49. The third kappa shape index (κ3) is 1.38. The van der Waals surface area contributed by atoms with Gasteiger partial charge in [0.05, 0.1) is 11.5 Å². The minimum Gasteiger partial charge on any atom is -0.198 e. The molecule has 0 heterocycles. The van der Waals surface area contributed by atoms with Gasteiger partial charge in [0.15, 0.2) is 0 Å². The predicted molar refractivity (Wildman–Crippen MR) is 63.5 cm³/mol. The van der Waals surface area contributed by atoms with Gasteiger partial charge in [-0.2, -0.15) is 5.26 Å². The summed E-state index contributed by atoms with van der Waals surface area (Å²) in [6, 6.07) is 13.0. The quantitative estimate of drug-likeness (QED) is 0.685. The van der Waals surface area contributed by atoms with Gasteiger partial charge in [0.1, 0.15) is 0 Å². The Hall–Kier alpha value is -1.55. The number of hydrogen-bond acceptors (Lipinski definition) is 1. The van der Waals surface area contributed by atoms with E-state index in [1.807, 2.05) is 6.07 Å². The molecule has 0 saturated heterocycles. The summed E-state index contributed by atoms with van der Waals surface area (Å²) in [5.74, 6) is 1.15. The number of nitriles is 1. The van der Waals surface area contributed by atoms with Crippen LogP contribution in [0.4, 0.5) is 0 Å². The van der Waals surface area contributed by atoms with E-state index in [-0.39, 0.29) is 5.41 Å². The van der Waals surface area contributed by atoms with Crippen molar-refractivity contribution >= 4 is 0 Å². The lowest BCUT2D eigenvalue weighted by Gasteiger charge is -2.28. The maximum absolute atomic E-state index is 9.52. The Balaban J connectivity index is 1.89. The summed E-state index contributed by atoms with van der Waals surface area (Å²) in [7, 11) is 0. The molecule has 2 aliphatic rings. The van der Waals surface area contributed by atoms with Crippen molar-refractivity contribution in [2.24, 2.45) is 17.3 Å². The van der Waals surface area contributed by atoms with Crippen molar-refractivity contribution in [3.8, 4) is 6.07 Å². The van der Waals surface area contributed by atoms with Crippen LogP contribution in [0.2, 0.25) is 0 Å². The number of hydrogen-bond donors (Lipinski definition) is 0. The van der Waals surface area contributed by atoms with Gasteiger partial charge in [-0.05, 0) is 36.7 Å². The van der Waals surface area contributed by atoms with Crippen LogP contribution < -0.4 is 0 Å². The standard InChI is InChI=1S/C15H15N/c16-11-15(9-12-4-2-1-3-5-12)10-13-6-7-14(15)8-13/h1-7,13-14H,8-10H2/t13-,14-,15-/m0/s1. The fourth-order valence-electron chi connectivity index (χ4n) is 3.29. The average molecular weight is 209 g/mol. The highest BCUT2D eigenvalue weighted by Gasteiger charge is 2.48. The Kier molecular flexibility index (Phi) is 2.11. The molecule has 1 fully saturated rings. The Morgan fingerprint density at radius 1 is 1.25 bits per heavy atom. The molecule has 1 saturated carbocycles. The second-order valence-corrected chi connectivity index (χ2v) is 5.12. The molecule has 2 bridgehead atoms. The molecule has 1 aromatic carbocycles. The predicted octanol–water partition coefficient (Wildman–Crippen LogP) is 3.34. The molecule has 0 aliphatic heterocycles. The number of benzene rings is 1. The molecular formula is C15H15N. The van der Waals surface area contributed by atoms with Crippen LogP contribution in [0.1, 0.15) is 18.4 Å². The van der Waals surface area contributed by atoms with Crippen LogP contribution in [0.15, 0.2) is 42.5 Å². The molecule has 0 aromatic heterocycles. The molecule has 1 nitrogen and oxygen atoms in total. The van der Waals surface area contributed by atoms with Gasteiger partial charge in [-0.25, -0.2) is 0 Å². The van der Waals surface area contributed by atoms with E-state index in [1.54, 1.807) is 0 Å². The summed E-state index contributed by atoms with van der Waals surface area (Å²) in [4.78, 5) is 0. The van der Waals surface area contributed by atoms with Crippen molar-refractivity contribution in [2.75, 3.05) is 0 Å². The van der Waals surface area contributed by atoms with Crippen LogP contribution in [-0.2, 0) is 6.42 Å². The topological polar surface area (TPSA) is 23.8 Å². The van der Waals surface area contributed by atoms with Crippen molar-refractivity contribution in [3.05, 3.63) is 48.0 Å². The summed E-state index contributed by atoms with van der Waals surface area (Å²) in [6.45, 7) is 0. The van der Waals surface area contributed by atoms with E-state index in [0.717, 1.165) is 12.8 Å².